The third kappa shape index (κ3) is 4.90. The molecule has 0 radical (unpaired) electrons. The smallest absolute Gasteiger partial charge is 0.416 e. The van der Waals surface area contributed by atoms with Gasteiger partial charge in [0.15, 0.2) is 0 Å². The minimum absolute atomic E-state index is 0.152. The highest BCUT2D eigenvalue weighted by molar-refractivity contribution is 5.78. The van der Waals surface area contributed by atoms with Crippen LogP contribution in [0.3, 0.4) is 0 Å². The molecule has 0 saturated heterocycles. The van der Waals surface area contributed by atoms with Crippen molar-refractivity contribution in [1.29, 1.82) is 0 Å². The first-order chi connectivity index (χ1) is 15.2. The molecule has 0 bridgehead atoms. The maximum atomic E-state index is 12.7. The molecule has 0 unspecified atom stereocenters. The Morgan fingerprint density at radius 2 is 2.06 bits per heavy atom. The van der Waals surface area contributed by atoms with Crippen molar-refractivity contribution in [1.82, 2.24) is 19.8 Å². The summed E-state index contributed by atoms with van der Waals surface area (Å²) in [5.74, 6) is -0.515. The van der Waals surface area contributed by atoms with Gasteiger partial charge in [-0.2, -0.15) is 13.2 Å². The first-order valence-electron chi connectivity index (χ1n) is 9.92. The molecule has 0 saturated carbocycles. The molecule has 2 aliphatic rings. The van der Waals surface area contributed by atoms with Crippen LogP contribution in [0.1, 0.15) is 17.5 Å². The van der Waals surface area contributed by atoms with E-state index >= 15 is 0 Å². The molecule has 32 heavy (non-hydrogen) atoms. The maximum absolute atomic E-state index is 12.7. The van der Waals surface area contributed by atoms with Gasteiger partial charge in [-0.05, 0) is 34.6 Å². The standard InChI is InChI=1S/C20H20F3N5O4/c21-20(22,23)15-3-1-13(2-4-15)14-5-7-26(8-6-14)11-18(29)24-16-9-27-10-17(28(30)31)25-19(27)32-12-16/h1-5,10,16H,6-9,11-12H2,(H,24,29)/t16-/m0/s1. The zero-order chi connectivity index (χ0) is 22.9. The van der Waals surface area contributed by atoms with E-state index in [1.807, 2.05) is 11.0 Å². The lowest BCUT2D eigenvalue weighted by molar-refractivity contribution is -0.389. The predicted molar refractivity (Wildman–Crippen MR) is 107 cm³/mol. The lowest BCUT2D eigenvalue weighted by atomic mass is 9.98. The topological polar surface area (TPSA) is 103 Å². The monoisotopic (exact) mass is 451 g/mol. The van der Waals surface area contributed by atoms with Crippen LogP contribution in [-0.2, 0) is 17.5 Å². The summed E-state index contributed by atoms with van der Waals surface area (Å²) in [6, 6.07) is 4.89. The van der Waals surface area contributed by atoms with Gasteiger partial charge in [0.25, 0.3) is 0 Å². The number of amides is 1. The van der Waals surface area contributed by atoms with Gasteiger partial charge in [0, 0.05) is 18.1 Å². The highest BCUT2D eigenvalue weighted by atomic mass is 19.4. The Hall–Kier alpha value is -3.41. The molecule has 1 N–H and O–H groups in total. The molecule has 2 aromatic rings. The van der Waals surface area contributed by atoms with E-state index < -0.39 is 16.7 Å². The minimum atomic E-state index is -4.36. The fourth-order valence-electron chi connectivity index (χ4n) is 3.74. The van der Waals surface area contributed by atoms with Crippen LogP contribution in [0.25, 0.3) is 5.57 Å². The van der Waals surface area contributed by atoms with Crippen molar-refractivity contribution < 1.29 is 27.6 Å². The molecular weight excluding hydrogens is 431 g/mol. The Labute approximate surface area is 180 Å². The van der Waals surface area contributed by atoms with Gasteiger partial charge in [0.1, 0.15) is 12.8 Å². The summed E-state index contributed by atoms with van der Waals surface area (Å²) < 4.78 is 45.0. The van der Waals surface area contributed by atoms with Crippen molar-refractivity contribution in [2.75, 3.05) is 26.2 Å². The molecule has 2 aliphatic heterocycles. The van der Waals surface area contributed by atoms with E-state index in [0.29, 0.717) is 26.1 Å². The van der Waals surface area contributed by atoms with Crippen molar-refractivity contribution in [2.24, 2.45) is 0 Å². The fraction of sp³-hybridized carbons (Fsp3) is 0.400. The third-order valence-corrected chi connectivity index (χ3v) is 5.35. The molecule has 0 fully saturated rings. The van der Waals surface area contributed by atoms with Crippen molar-refractivity contribution in [3.63, 3.8) is 0 Å². The number of imidazole rings is 1. The number of rotatable bonds is 5. The van der Waals surface area contributed by atoms with Crippen LogP contribution in [0.15, 0.2) is 36.5 Å². The molecule has 0 spiro atoms. The number of aromatic nitrogens is 2. The van der Waals surface area contributed by atoms with E-state index in [-0.39, 0.29) is 36.9 Å². The molecule has 9 nitrogen and oxygen atoms in total. The van der Waals surface area contributed by atoms with E-state index in [2.05, 4.69) is 10.3 Å². The van der Waals surface area contributed by atoms with Crippen molar-refractivity contribution in [3.8, 4) is 6.01 Å². The predicted octanol–water partition coefficient (Wildman–Crippen LogP) is 2.48. The highest BCUT2D eigenvalue weighted by Crippen LogP contribution is 2.31. The van der Waals surface area contributed by atoms with E-state index in [1.54, 1.807) is 0 Å². The average molecular weight is 451 g/mol. The van der Waals surface area contributed by atoms with Gasteiger partial charge in [0.05, 0.1) is 24.7 Å². The first-order valence-corrected chi connectivity index (χ1v) is 9.92. The average Bonchev–Trinajstić information content (AvgIpc) is 3.18. The fourth-order valence-corrected chi connectivity index (χ4v) is 3.74. The first kappa shape index (κ1) is 21.8. The Kier molecular flexibility index (Phi) is 5.87. The van der Waals surface area contributed by atoms with Crippen LogP contribution >= 0.6 is 0 Å². The number of alkyl halides is 3. The molecule has 12 heteroatoms. The molecule has 1 atom stereocenters. The van der Waals surface area contributed by atoms with Crippen LogP contribution in [0, 0.1) is 10.1 Å². The zero-order valence-electron chi connectivity index (χ0n) is 16.8. The van der Waals surface area contributed by atoms with Crippen LogP contribution in [0.2, 0.25) is 0 Å². The van der Waals surface area contributed by atoms with Crippen LogP contribution in [0.4, 0.5) is 19.0 Å². The number of halogens is 3. The molecule has 1 amide bonds. The van der Waals surface area contributed by atoms with Crippen LogP contribution < -0.4 is 10.1 Å². The highest BCUT2D eigenvalue weighted by Gasteiger charge is 2.31. The molecule has 4 rings (SSSR count). The van der Waals surface area contributed by atoms with Crippen molar-refractivity contribution in [2.45, 2.75) is 25.2 Å². The maximum Gasteiger partial charge on any atom is 0.416 e. The van der Waals surface area contributed by atoms with Gasteiger partial charge in [0.2, 0.25) is 5.91 Å². The Morgan fingerprint density at radius 3 is 2.69 bits per heavy atom. The number of carbonyl (C=O) groups excluding carboxylic acids is 1. The Balaban J connectivity index is 1.28. The van der Waals surface area contributed by atoms with Crippen molar-refractivity contribution in [3.05, 3.63) is 57.8 Å². The number of benzene rings is 1. The van der Waals surface area contributed by atoms with E-state index in [4.69, 9.17) is 4.74 Å². The normalized spacial score (nSPS) is 19.0. The zero-order valence-corrected chi connectivity index (χ0v) is 16.8. The molecule has 3 heterocycles. The Bertz CT molecular complexity index is 1050. The van der Waals surface area contributed by atoms with Gasteiger partial charge in [-0.25, -0.2) is 0 Å². The van der Waals surface area contributed by atoms with E-state index in [1.165, 1.54) is 22.9 Å². The molecule has 1 aromatic heterocycles. The van der Waals surface area contributed by atoms with Gasteiger partial charge in [-0.15, -0.1) is 0 Å². The van der Waals surface area contributed by atoms with Gasteiger partial charge in [-0.3, -0.25) is 14.3 Å². The summed E-state index contributed by atoms with van der Waals surface area (Å²) in [6.45, 7) is 1.74. The van der Waals surface area contributed by atoms with Gasteiger partial charge in [-0.1, -0.05) is 18.2 Å². The second kappa shape index (κ2) is 8.61. The summed E-state index contributed by atoms with van der Waals surface area (Å²) in [5, 5.41) is 13.7. The SMILES string of the molecule is O=C(CN1CC=C(c2ccc(C(F)(F)F)cc2)CC1)N[C@@H]1COc2nc([N+](=O)[O-])cn2C1. The lowest BCUT2D eigenvalue weighted by Gasteiger charge is -2.28. The summed E-state index contributed by atoms with van der Waals surface area (Å²) in [4.78, 5) is 28.3. The van der Waals surface area contributed by atoms with Crippen LogP contribution in [-0.4, -0.2) is 57.6 Å². The largest absolute Gasteiger partial charge is 0.444 e. The third-order valence-electron chi connectivity index (χ3n) is 5.35. The van der Waals surface area contributed by atoms with E-state index in [9.17, 15) is 28.1 Å². The van der Waals surface area contributed by atoms with Gasteiger partial charge >= 0.3 is 18.0 Å². The molecule has 0 aliphatic carbocycles. The van der Waals surface area contributed by atoms with E-state index in [0.717, 1.165) is 23.3 Å². The van der Waals surface area contributed by atoms with Crippen LogP contribution in [0.5, 0.6) is 6.01 Å². The second-order valence-corrected chi connectivity index (χ2v) is 7.66. The minimum Gasteiger partial charge on any atom is -0.444 e. The number of nitrogens with one attached hydrogen (secondary N) is 1. The number of carbonyl (C=O) groups is 1. The number of nitro groups is 1. The second-order valence-electron chi connectivity index (χ2n) is 7.66. The van der Waals surface area contributed by atoms with Crippen molar-refractivity contribution >= 4 is 17.3 Å². The quantitative estimate of drug-likeness (QED) is 0.554. The number of fused-ring (bicyclic) bond motifs is 1. The molecule has 1 aromatic carbocycles. The summed E-state index contributed by atoms with van der Waals surface area (Å²) in [6.07, 6.45) is -0.555. The number of hydrogen-bond acceptors (Lipinski definition) is 6. The molecular formula is C20H20F3N5O4. The number of hydrogen-bond donors (Lipinski definition) is 1. The Morgan fingerprint density at radius 1 is 1.31 bits per heavy atom. The summed E-state index contributed by atoms with van der Waals surface area (Å²) >= 11 is 0. The summed E-state index contributed by atoms with van der Waals surface area (Å²) in [5.41, 5.74) is 1.01. The summed E-state index contributed by atoms with van der Waals surface area (Å²) in [7, 11) is 0. The number of nitrogens with zero attached hydrogens (tertiary/aromatic N) is 4. The lowest BCUT2D eigenvalue weighted by Crippen LogP contribution is -2.48. The molecule has 170 valence electrons. The number of ether oxygens (including phenoxy) is 1. The van der Waals surface area contributed by atoms with Gasteiger partial charge < -0.3 is 20.2 Å².